The molecule has 1 aromatic carbocycles. The number of hydrogen-bond acceptors (Lipinski definition) is 4. The molecule has 1 fully saturated rings. The minimum Gasteiger partial charge on any atom is -0.330 e. The molecule has 120 valence electrons. The quantitative estimate of drug-likeness (QED) is 0.928. The van der Waals surface area contributed by atoms with Gasteiger partial charge in [-0.3, -0.25) is 4.90 Å². The summed E-state index contributed by atoms with van der Waals surface area (Å²) in [7, 11) is 0. The van der Waals surface area contributed by atoms with Gasteiger partial charge in [0.25, 0.3) is 0 Å². The van der Waals surface area contributed by atoms with E-state index >= 15 is 0 Å². The van der Waals surface area contributed by atoms with Gasteiger partial charge in [0, 0.05) is 18.1 Å². The van der Waals surface area contributed by atoms with Crippen LogP contribution in [0.4, 0.5) is 0 Å². The Labute approximate surface area is 141 Å². The Balaban J connectivity index is 0.00000176. The number of nitrogens with two attached hydrogens (primary N) is 1. The van der Waals surface area contributed by atoms with Gasteiger partial charge in [0.1, 0.15) is 0 Å². The number of nitrogens with zero attached hydrogens (tertiary/aromatic N) is 4. The lowest BCUT2D eigenvalue weighted by Gasteiger charge is -2.21. The number of aromatic nitrogens is 3. The summed E-state index contributed by atoms with van der Waals surface area (Å²) in [5.41, 5.74) is 8.03. The van der Waals surface area contributed by atoms with E-state index in [2.05, 4.69) is 22.1 Å². The first-order valence-electron chi connectivity index (χ1n) is 7.18. The Kier molecular flexibility index (Phi) is 5.45. The first-order chi connectivity index (χ1) is 10.1. The second kappa shape index (κ2) is 6.96. The highest BCUT2D eigenvalue weighted by Gasteiger charge is 2.32. The van der Waals surface area contributed by atoms with E-state index in [-0.39, 0.29) is 17.8 Å². The van der Waals surface area contributed by atoms with Crippen molar-refractivity contribution in [2.75, 3.05) is 19.6 Å². The summed E-state index contributed by atoms with van der Waals surface area (Å²) in [4.78, 5) is 2.39. The first-order valence-corrected chi connectivity index (χ1v) is 7.55. The monoisotopic (exact) mass is 341 g/mol. The van der Waals surface area contributed by atoms with Crippen LogP contribution < -0.4 is 5.73 Å². The van der Waals surface area contributed by atoms with Gasteiger partial charge in [0.15, 0.2) is 0 Å². The molecule has 22 heavy (non-hydrogen) atoms. The number of halogens is 2. The summed E-state index contributed by atoms with van der Waals surface area (Å²) in [6, 6.07) is 7.57. The maximum absolute atomic E-state index is 5.90. The number of hydrogen-bond donors (Lipinski definition) is 1. The molecule has 5 nitrogen and oxygen atoms in total. The van der Waals surface area contributed by atoms with E-state index in [0.717, 1.165) is 49.0 Å². The maximum atomic E-state index is 5.90. The van der Waals surface area contributed by atoms with E-state index in [1.54, 1.807) is 4.68 Å². The normalized spacial score (nSPS) is 21.8. The molecule has 0 saturated carbocycles. The lowest BCUT2D eigenvalue weighted by molar-refractivity contribution is 0.272. The molecule has 0 radical (unpaired) electrons. The largest absolute Gasteiger partial charge is 0.330 e. The molecule has 2 N–H and O–H groups in total. The standard InChI is InChI=1S/C15H20ClN5.ClH/c1-15(10-17)6-7-20(11-15)8-13-9-21(19-18-13)14-4-2-12(16)3-5-14;/h2-5,9H,6-8,10-11,17H2,1H3;1H. The van der Waals surface area contributed by atoms with Crippen molar-refractivity contribution in [3.63, 3.8) is 0 Å². The Morgan fingerprint density at radius 1 is 1.32 bits per heavy atom. The summed E-state index contributed by atoms with van der Waals surface area (Å²) in [5, 5.41) is 9.17. The molecule has 0 aliphatic carbocycles. The molecule has 1 saturated heterocycles. The third kappa shape index (κ3) is 3.79. The van der Waals surface area contributed by atoms with Crippen molar-refractivity contribution in [3.05, 3.63) is 41.2 Å². The molecule has 3 rings (SSSR count). The van der Waals surface area contributed by atoms with Crippen LogP contribution in [0.15, 0.2) is 30.5 Å². The summed E-state index contributed by atoms with van der Waals surface area (Å²) in [6.45, 7) is 5.90. The fourth-order valence-corrected chi connectivity index (χ4v) is 2.87. The summed E-state index contributed by atoms with van der Waals surface area (Å²) >= 11 is 5.90. The van der Waals surface area contributed by atoms with Crippen molar-refractivity contribution in [2.24, 2.45) is 11.1 Å². The van der Waals surface area contributed by atoms with Gasteiger partial charge < -0.3 is 5.73 Å². The third-order valence-electron chi connectivity index (χ3n) is 4.15. The summed E-state index contributed by atoms with van der Waals surface area (Å²) in [5.74, 6) is 0. The van der Waals surface area contributed by atoms with E-state index in [0.29, 0.717) is 0 Å². The van der Waals surface area contributed by atoms with E-state index in [1.165, 1.54) is 0 Å². The second-order valence-electron chi connectivity index (χ2n) is 6.11. The minimum atomic E-state index is 0. The van der Waals surface area contributed by atoms with Crippen molar-refractivity contribution >= 4 is 24.0 Å². The molecule has 7 heteroatoms. The van der Waals surface area contributed by atoms with E-state index < -0.39 is 0 Å². The molecular formula is C15H21Cl2N5. The van der Waals surface area contributed by atoms with Crippen LogP contribution >= 0.6 is 24.0 Å². The Bertz CT molecular complexity index is 613. The molecule has 0 spiro atoms. The average molecular weight is 342 g/mol. The Morgan fingerprint density at radius 2 is 2.05 bits per heavy atom. The Hall–Kier alpha value is -1.14. The molecule has 1 aromatic heterocycles. The highest BCUT2D eigenvalue weighted by atomic mass is 35.5. The topological polar surface area (TPSA) is 60.0 Å². The molecule has 0 bridgehead atoms. The zero-order chi connectivity index (χ0) is 14.9. The number of likely N-dealkylation sites (tertiary alicyclic amines) is 1. The van der Waals surface area contributed by atoms with Crippen molar-refractivity contribution in [3.8, 4) is 5.69 Å². The summed E-state index contributed by atoms with van der Waals surface area (Å²) in [6.07, 6.45) is 3.12. The van der Waals surface area contributed by atoms with Crippen LogP contribution in [0.25, 0.3) is 5.69 Å². The molecule has 0 amide bonds. The smallest absolute Gasteiger partial charge is 0.0971 e. The molecule has 1 unspecified atom stereocenters. The van der Waals surface area contributed by atoms with Gasteiger partial charge in [-0.1, -0.05) is 23.7 Å². The van der Waals surface area contributed by atoms with Crippen LogP contribution in [-0.4, -0.2) is 39.5 Å². The highest BCUT2D eigenvalue weighted by Crippen LogP contribution is 2.29. The van der Waals surface area contributed by atoms with Gasteiger partial charge >= 0.3 is 0 Å². The first kappa shape index (κ1) is 17.2. The van der Waals surface area contributed by atoms with Crippen molar-refractivity contribution in [2.45, 2.75) is 19.9 Å². The number of rotatable bonds is 4. The predicted molar refractivity (Wildman–Crippen MR) is 90.7 cm³/mol. The second-order valence-corrected chi connectivity index (χ2v) is 6.54. The molecule has 1 atom stereocenters. The van der Waals surface area contributed by atoms with Gasteiger partial charge in [-0.25, -0.2) is 4.68 Å². The fourth-order valence-electron chi connectivity index (χ4n) is 2.75. The molecule has 1 aliphatic heterocycles. The highest BCUT2D eigenvalue weighted by molar-refractivity contribution is 6.30. The maximum Gasteiger partial charge on any atom is 0.0971 e. The third-order valence-corrected chi connectivity index (χ3v) is 4.40. The van der Waals surface area contributed by atoms with Crippen LogP contribution in [0.3, 0.4) is 0 Å². The van der Waals surface area contributed by atoms with Crippen LogP contribution in [0.1, 0.15) is 19.0 Å². The van der Waals surface area contributed by atoms with Gasteiger partial charge in [0.05, 0.1) is 17.6 Å². The zero-order valence-corrected chi connectivity index (χ0v) is 14.1. The Morgan fingerprint density at radius 3 is 2.68 bits per heavy atom. The lowest BCUT2D eigenvalue weighted by Crippen LogP contribution is -2.31. The SMILES string of the molecule is CC1(CN)CCN(Cc2cn(-c3ccc(Cl)cc3)nn2)C1.Cl. The van der Waals surface area contributed by atoms with E-state index in [1.807, 2.05) is 30.5 Å². The molecule has 1 aliphatic rings. The van der Waals surface area contributed by atoms with Crippen LogP contribution in [0.2, 0.25) is 5.02 Å². The van der Waals surface area contributed by atoms with Crippen molar-refractivity contribution in [1.82, 2.24) is 19.9 Å². The van der Waals surface area contributed by atoms with Gasteiger partial charge in [-0.2, -0.15) is 0 Å². The zero-order valence-electron chi connectivity index (χ0n) is 12.6. The molecule has 2 heterocycles. The molecular weight excluding hydrogens is 321 g/mol. The fraction of sp³-hybridized carbons (Fsp3) is 0.467. The van der Waals surface area contributed by atoms with Crippen LogP contribution in [0.5, 0.6) is 0 Å². The van der Waals surface area contributed by atoms with Gasteiger partial charge in [-0.15, -0.1) is 17.5 Å². The number of benzene rings is 1. The average Bonchev–Trinajstić information content (AvgIpc) is 3.08. The van der Waals surface area contributed by atoms with E-state index in [9.17, 15) is 0 Å². The van der Waals surface area contributed by atoms with Crippen LogP contribution in [-0.2, 0) is 6.54 Å². The van der Waals surface area contributed by atoms with Crippen molar-refractivity contribution < 1.29 is 0 Å². The minimum absolute atomic E-state index is 0. The predicted octanol–water partition coefficient (Wildman–Crippen LogP) is 2.51. The molecule has 2 aromatic rings. The van der Waals surface area contributed by atoms with Gasteiger partial charge in [0.2, 0.25) is 0 Å². The van der Waals surface area contributed by atoms with E-state index in [4.69, 9.17) is 17.3 Å². The van der Waals surface area contributed by atoms with Gasteiger partial charge in [-0.05, 0) is 49.2 Å². The lowest BCUT2D eigenvalue weighted by atomic mass is 9.90. The van der Waals surface area contributed by atoms with Crippen LogP contribution in [0, 0.1) is 5.41 Å². The summed E-state index contributed by atoms with van der Waals surface area (Å²) < 4.78 is 1.78. The van der Waals surface area contributed by atoms with Crippen molar-refractivity contribution in [1.29, 1.82) is 0 Å².